The maximum atomic E-state index is 11.6. The molecule has 1 aromatic rings. The summed E-state index contributed by atoms with van der Waals surface area (Å²) in [6, 6.07) is 1.66. The van der Waals surface area contributed by atoms with Gasteiger partial charge in [-0.05, 0) is 13.0 Å². The van der Waals surface area contributed by atoms with Gasteiger partial charge in [0.2, 0.25) is 11.9 Å². The number of halogens is 1. The Balaban J connectivity index is 2.33. The Hall–Kier alpha value is -0.810. The Morgan fingerprint density at radius 2 is 2.33 bits per heavy atom. The summed E-state index contributed by atoms with van der Waals surface area (Å²) in [5, 5.41) is 0.410. The smallest absolute Gasteiger partial charge is 0.233 e. The lowest BCUT2D eigenvalue weighted by molar-refractivity contribution is -0.117. The first-order chi connectivity index (χ1) is 7.06. The molecule has 1 aromatic heterocycles. The van der Waals surface area contributed by atoms with E-state index in [1.54, 1.807) is 6.07 Å². The molecule has 6 heteroatoms. The lowest BCUT2D eigenvalue weighted by Gasteiger charge is -2.13. The van der Waals surface area contributed by atoms with Gasteiger partial charge in [0.15, 0.2) is 0 Å². The van der Waals surface area contributed by atoms with Gasteiger partial charge in [0.25, 0.3) is 0 Å². The maximum absolute atomic E-state index is 11.6. The molecule has 1 amide bonds. The first kappa shape index (κ1) is 10.7. The predicted octanol–water partition coefficient (Wildman–Crippen LogP) is 1.47. The lowest BCUT2D eigenvalue weighted by atomic mass is 10.4. The Morgan fingerprint density at radius 3 is 2.87 bits per heavy atom. The van der Waals surface area contributed by atoms with Crippen LogP contribution in [0.4, 0.5) is 5.95 Å². The zero-order chi connectivity index (χ0) is 11.0. The highest BCUT2D eigenvalue weighted by atomic mass is 35.5. The molecule has 1 unspecified atom stereocenters. The maximum Gasteiger partial charge on any atom is 0.233 e. The van der Waals surface area contributed by atoms with E-state index < -0.39 is 0 Å². The fourth-order valence-corrected chi connectivity index (χ4v) is 2.07. The quantitative estimate of drug-likeness (QED) is 0.600. The number of hydrogen-bond acceptors (Lipinski definition) is 4. The monoisotopic (exact) mass is 243 g/mol. The first-order valence-corrected chi connectivity index (χ1v) is 5.45. The number of amides is 1. The molecule has 80 valence electrons. The second-order valence-electron chi connectivity index (χ2n) is 3.49. The molecule has 1 saturated heterocycles. The molecule has 0 aliphatic carbocycles. The molecule has 2 heterocycles. The van der Waals surface area contributed by atoms with Gasteiger partial charge >= 0.3 is 0 Å². The number of carbonyl (C=O) groups excluding carboxylic acids is 1. The van der Waals surface area contributed by atoms with Crippen molar-refractivity contribution in [2.24, 2.45) is 0 Å². The Morgan fingerprint density at radius 1 is 1.60 bits per heavy atom. The summed E-state index contributed by atoms with van der Waals surface area (Å²) in [7, 11) is 0. The highest BCUT2D eigenvalue weighted by Gasteiger charge is 2.30. The van der Waals surface area contributed by atoms with E-state index in [-0.39, 0.29) is 11.2 Å². The minimum absolute atomic E-state index is 0.00309. The van der Waals surface area contributed by atoms with Gasteiger partial charge in [0.1, 0.15) is 5.15 Å². The van der Waals surface area contributed by atoms with Crippen molar-refractivity contribution in [3.8, 4) is 0 Å². The van der Waals surface area contributed by atoms with Crippen molar-refractivity contribution >= 4 is 36.1 Å². The Labute approximate surface area is 98.1 Å². The molecule has 0 radical (unpaired) electrons. The number of rotatable bonds is 1. The van der Waals surface area contributed by atoms with Crippen LogP contribution in [0.3, 0.4) is 0 Å². The highest BCUT2D eigenvalue weighted by molar-refractivity contribution is 7.81. The summed E-state index contributed by atoms with van der Waals surface area (Å²) in [5.74, 6) is 0.373. The molecule has 0 spiro atoms. The van der Waals surface area contributed by atoms with E-state index in [1.165, 1.54) is 4.90 Å². The van der Waals surface area contributed by atoms with E-state index >= 15 is 0 Å². The van der Waals surface area contributed by atoms with Crippen LogP contribution in [0.25, 0.3) is 0 Å². The molecule has 0 bridgehead atoms. The Kier molecular flexibility index (Phi) is 2.84. The molecule has 0 saturated carbocycles. The number of anilines is 1. The van der Waals surface area contributed by atoms with Crippen LogP contribution in [0.1, 0.15) is 12.1 Å². The van der Waals surface area contributed by atoms with Crippen LogP contribution < -0.4 is 4.90 Å². The van der Waals surface area contributed by atoms with E-state index in [0.29, 0.717) is 24.1 Å². The molecule has 1 aliphatic rings. The number of aryl methyl sites for hydroxylation is 1. The molecule has 0 aromatic carbocycles. The van der Waals surface area contributed by atoms with Gasteiger partial charge in [-0.25, -0.2) is 9.97 Å². The van der Waals surface area contributed by atoms with Gasteiger partial charge in [0.05, 0.1) is 0 Å². The fraction of sp³-hybridized carbons (Fsp3) is 0.444. The minimum Gasteiger partial charge on any atom is -0.280 e. The number of carbonyl (C=O) groups is 1. The van der Waals surface area contributed by atoms with Crippen LogP contribution in [0.2, 0.25) is 5.15 Å². The summed E-state index contributed by atoms with van der Waals surface area (Å²) >= 11 is 10.1. The number of thiol groups is 1. The molecule has 4 nitrogen and oxygen atoms in total. The van der Waals surface area contributed by atoms with Crippen molar-refractivity contribution in [1.29, 1.82) is 0 Å². The molecule has 2 rings (SSSR count). The normalized spacial score (nSPS) is 21.1. The van der Waals surface area contributed by atoms with Crippen molar-refractivity contribution in [1.82, 2.24) is 9.97 Å². The van der Waals surface area contributed by atoms with Crippen LogP contribution in [-0.2, 0) is 4.79 Å². The fourth-order valence-electron chi connectivity index (χ4n) is 1.52. The molecular formula is C9H10ClN3OS. The average Bonchev–Trinajstić information content (AvgIpc) is 2.43. The molecular weight excluding hydrogens is 234 g/mol. The number of aromatic nitrogens is 2. The predicted molar refractivity (Wildman–Crippen MR) is 61.5 cm³/mol. The Bertz CT molecular complexity index is 392. The SMILES string of the molecule is Cc1cc(Cl)nc(N2CC(S)CC2=O)n1. The number of hydrogen-bond donors (Lipinski definition) is 1. The summed E-state index contributed by atoms with van der Waals surface area (Å²) < 4.78 is 0. The molecule has 1 atom stereocenters. The van der Waals surface area contributed by atoms with Crippen LogP contribution in [0, 0.1) is 6.92 Å². The van der Waals surface area contributed by atoms with Crippen LogP contribution in [0.5, 0.6) is 0 Å². The van der Waals surface area contributed by atoms with Crippen LogP contribution in [0.15, 0.2) is 6.07 Å². The number of nitrogens with zero attached hydrogens (tertiary/aromatic N) is 3. The van der Waals surface area contributed by atoms with Crippen LogP contribution >= 0.6 is 24.2 Å². The third-order valence-electron chi connectivity index (χ3n) is 2.16. The van der Waals surface area contributed by atoms with Gasteiger partial charge in [-0.2, -0.15) is 12.6 Å². The lowest BCUT2D eigenvalue weighted by Crippen LogP contribution is -2.26. The summed E-state index contributed by atoms with van der Waals surface area (Å²) in [6.45, 7) is 2.36. The molecule has 1 aliphatic heterocycles. The largest absolute Gasteiger partial charge is 0.280 e. The standard InChI is InChI=1S/C9H10ClN3OS/c1-5-2-7(10)12-9(11-5)13-4-6(15)3-8(13)14/h2,6,15H,3-4H2,1H3. The third kappa shape index (κ3) is 2.23. The van der Waals surface area contributed by atoms with E-state index in [2.05, 4.69) is 22.6 Å². The van der Waals surface area contributed by atoms with Crippen molar-refractivity contribution < 1.29 is 4.79 Å². The molecule has 0 N–H and O–H groups in total. The van der Waals surface area contributed by atoms with E-state index in [4.69, 9.17) is 11.6 Å². The molecule has 15 heavy (non-hydrogen) atoms. The minimum atomic E-state index is -0.00309. The summed E-state index contributed by atoms with van der Waals surface area (Å²) in [5.41, 5.74) is 0.750. The van der Waals surface area contributed by atoms with Gasteiger partial charge in [-0.3, -0.25) is 9.69 Å². The topological polar surface area (TPSA) is 46.1 Å². The summed E-state index contributed by atoms with van der Waals surface area (Å²) in [4.78, 5) is 21.3. The zero-order valence-corrected chi connectivity index (χ0v) is 9.79. The van der Waals surface area contributed by atoms with E-state index in [1.807, 2.05) is 6.92 Å². The molecule has 1 fully saturated rings. The van der Waals surface area contributed by atoms with Gasteiger partial charge in [0, 0.05) is 23.9 Å². The third-order valence-corrected chi connectivity index (χ3v) is 2.70. The van der Waals surface area contributed by atoms with E-state index in [9.17, 15) is 4.79 Å². The second-order valence-corrected chi connectivity index (χ2v) is 4.61. The summed E-state index contributed by atoms with van der Waals surface area (Å²) in [6.07, 6.45) is 0.429. The van der Waals surface area contributed by atoms with Gasteiger partial charge < -0.3 is 0 Å². The highest BCUT2D eigenvalue weighted by Crippen LogP contribution is 2.22. The average molecular weight is 244 g/mol. The van der Waals surface area contributed by atoms with Crippen molar-refractivity contribution in [3.63, 3.8) is 0 Å². The van der Waals surface area contributed by atoms with E-state index in [0.717, 1.165) is 5.69 Å². The van der Waals surface area contributed by atoms with Crippen molar-refractivity contribution in [2.75, 3.05) is 11.4 Å². The van der Waals surface area contributed by atoms with Gasteiger partial charge in [-0.15, -0.1) is 0 Å². The van der Waals surface area contributed by atoms with Crippen molar-refractivity contribution in [3.05, 3.63) is 16.9 Å². The van der Waals surface area contributed by atoms with Gasteiger partial charge in [-0.1, -0.05) is 11.6 Å². The van der Waals surface area contributed by atoms with Crippen LogP contribution in [-0.4, -0.2) is 27.7 Å². The first-order valence-electron chi connectivity index (χ1n) is 4.56. The second kappa shape index (κ2) is 3.98. The van der Waals surface area contributed by atoms with Crippen molar-refractivity contribution in [2.45, 2.75) is 18.6 Å². The zero-order valence-electron chi connectivity index (χ0n) is 8.14.